The Morgan fingerprint density at radius 1 is 1.13 bits per heavy atom. The van der Waals surface area contributed by atoms with Crippen LogP contribution in [0.4, 0.5) is 0 Å². The Labute approximate surface area is 133 Å². The Bertz CT molecular complexity index is 765. The molecule has 0 amide bonds. The number of esters is 1. The molecule has 0 spiro atoms. The lowest BCUT2D eigenvalue weighted by atomic mass is 10.1. The predicted octanol–water partition coefficient (Wildman–Crippen LogP) is 1.17. The van der Waals surface area contributed by atoms with Crippen LogP contribution in [0.3, 0.4) is 0 Å². The maximum absolute atomic E-state index is 12.3. The summed E-state index contributed by atoms with van der Waals surface area (Å²) in [6.07, 6.45) is 0.379. The summed E-state index contributed by atoms with van der Waals surface area (Å²) in [5.41, 5.74) is 0.363. The van der Waals surface area contributed by atoms with Gasteiger partial charge in [-0.15, -0.1) is 0 Å². The first-order chi connectivity index (χ1) is 11.0. The number of carbonyl (C=O) groups excluding carboxylic acids is 1. The van der Waals surface area contributed by atoms with Crippen LogP contribution >= 0.6 is 0 Å². The second-order valence-corrected chi connectivity index (χ2v) is 4.79. The minimum absolute atomic E-state index is 0.124. The third-order valence-corrected chi connectivity index (χ3v) is 3.45. The molecule has 1 aromatic carbocycles. The van der Waals surface area contributed by atoms with Gasteiger partial charge in [-0.05, 0) is 17.7 Å². The lowest BCUT2D eigenvalue weighted by Gasteiger charge is -2.12. The molecular formula is C16H18N2O5. The van der Waals surface area contributed by atoms with Crippen molar-refractivity contribution in [1.82, 2.24) is 9.55 Å². The highest BCUT2D eigenvalue weighted by atomic mass is 16.5. The SMILES string of the molecule is COC(=O)c1nc(Cc2ccc(OC)cc2)n(C)c(=O)c1OC. The fraction of sp³-hybridized carbons (Fsp3) is 0.312. The maximum atomic E-state index is 12.3. The van der Waals surface area contributed by atoms with Crippen LogP contribution in [-0.2, 0) is 18.2 Å². The fourth-order valence-corrected chi connectivity index (χ4v) is 2.13. The standard InChI is InChI=1S/C16H18N2O5/c1-18-12(9-10-5-7-11(21-2)8-6-10)17-13(16(20)23-4)14(22-3)15(18)19/h5-8H,9H2,1-4H3. The van der Waals surface area contributed by atoms with E-state index in [-0.39, 0.29) is 11.4 Å². The van der Waals surface area contributed by atoms with E-state index in [1.807, 2.05) is 24.3 Å². The lowest BCUT2D eigenvalue weighted by molar-refractivity contribution is 0.0588. The van der Waals surface area contributed by atoms with Crippen LogP contribution in [0.1, 0.15) is 21.9 Å². The molecule has 0 N–H and O–H groups in total. The number of benzene rings is 1. The zero-order valence-corrected chi connectivity index (χ0v) is 13.5. The molecule has 0 saturated carbocycles. The van der Waals surface area contributed by atoms with Gasteiger partial charge in [-0.25, -0.2) is 9.78 Å². The molecule has 2 aromatic rings. The lowest BCUT2D eigenvalue weighted by Crippen LogP contribution is -2.27. The van der Waals surface area contributed by atoms with Crippen molar-refractivity contribution in [2.75, 3.05) is 21.3 Å². The average Bonchev–Trinajstić information content (AvgIpc) is 2.58. The summed E-state index contributed by atoms with van der Waals surface area (Å²) >= 11 is 0. The Kier molecular flexibility index (Phi) is 5.00. The first kappa shape index (κ1) is 16.5. The Balaban J connectivity index is 2.47. The van der Waals surface area contributed by atoms with Crippen LogP contribution in [0.15, 0.2) is 29.1 Å². The number of aromatic nitrogens is 2. The van der Waals surface area contributed by atoms with Gasteiger partial charge < -0.3 is 14.2 Å². The summed E-state index contributed by atoms with van der Waals surface area (Å²) in [5, 5.41) is 0. The van der Waals surface area contributed by atoms with E-state index in [1.165, 1.54) is 18.8 Å². The van der Waals surface area contributed by atoms with Gasteiger partial charge in [0.25, 0.3) is 5.56 Å². The van der Waals surface area contributed by atoms with Gasteiger partial charge in [-0.1, -0.05) is 12.1 Å². The Hall–Kier alpha value is -2.83. The van der Waals surface area contributed by atoms with E-state index >= 15 is 0 Å². The van der Waals surface area contributed by atoms with E-state index < -0.39 is 11.5 Å². The molecule has 23 heavy (non-hydrogen) atoms. The summed E-state index contributed by atoms with van der Waals surface area (Å²) in [6, 6.07) is 7.37. The molecule has 7 heteroatoms. The van der Waals surface area contributed by atoms with E-state index in [1.54, 1.807) is 14.2 Å². The highest BCUT2D eigenvalue weighted by molar-refractivity contribution is 5.90. The van der Waals surface area contributed by atoms with Gasteiger partial charge in [0.05, 0.1) is 21.3 Å². The fourth-order valence-electron chi connectivity index (χ4n) is 2.13. The number of rotatable bonds is 5. The van der Waals surface area contributed by atoms with Gasteiger partial charge in [0.1, 0.15) is 11.6 Å². The topological polar surface area (TPSA) is 79.7 Å². The molecule has 7 nitrogen and oxygen atoms in total. The van der Waals surface area contributed by atoms with Crippen molar-refractivity contribution >= 4 is 5.97 Å². The molecule has 1 heterocycles. The molecule has 0 radical (unpaired) electrons. The predicted molar refractivity (Wildman–Crippen MR) is 83.2 cm³/mol. The number of methoxy groups -OCH3 is 3. The smallest absolute Gasteiger partial charge is 0.360 e. The number of hydrogen-bond acceptors (Lipinski definition) is 6. The van der Waals surface area contributed by atoms with Crippen molar-refractivity contribution in [2.45, 2.75) is 6.42 Å². The van der Waals surface area contributed by atoms with Crippen molar-refractivity contribution in [1.29, 1.82) is 0 Å². The first-order valence-corrected chi connectivity index (χ1v) is 6.87. The summed E-state index contributed by atoms with van der Waals surface area (Å²) in [6.45, 7) is 0. The van der Waals surface area contributed by atoms with Gasteiger partial charge in [-0.2, -0.15) is 0 Å². The van der Waals surface area contributed by atoms with Crippen molar-refractivity contribution in [3.05, 3.63) is 51.7 Å². The molecule has 0 atom stereocenters. The van der Waals surface area contributed by atoms with Crippen molar-refractivity contribution in [2.24, 2.45) is 7.05 Å². The zero-order chi connectivity index (χ0) is 17.0. The maximum Gasteiger partial charge on any atom is 0.360 e. The zero-order valence-electron chi connectivity index (χ0n) is 13.5. The Morgan fingerprint density at radius 2 is 1.78 bits per heavy atom. The summed E-state index contributed by atoms with van der Waals surface area (Å²) in [7, 11) is 5.71. The number of hydrogen-bond donors (Lipinski definition) is 0. The third-order valence-electron chi connectivity index (χ3n) is 3.45. The first-order valence-electron chi connectivity index (χ1n) is 6.87. The van der Waals surface area contributed by atoms with Crippen LogP contribution in [0, 0.1) is 0 Å². The molecular weight excluding hydrogens is 300 g/mol. The highest BCUT2D eigenvalue weighted by Gasteiger charge is 2.21. The summed E-state index contributed by atoms with van der Waals surface area (Å²) in [5.74, 6) is 0.329. The minimum Gasteiger partial charge on any atom is -0.497 e. The number of nitrogens with zero attached hydrogens (tertiary/aromatic N) is 2. The Morgan fingerprint density at radius 3 is 2.30 bits per heavy atom. The van der Waals surface area contributed by atoms with Gasteiger partial charge in [0, 0.05) is 13.5 Å². The highest BCUT2D eigenvalue weighted by Crippen LogP contribution is 2.16. The summed E-state index contributed by atoms with van der Waals surface area (Å²) in [4.78, 5) is 28.4. The normalized spacial score (nSPS) is 10.3. The molecule has 0 aliphatic heterocycles. The molecule has 0 unspecified atom stereocenters. The van der Waals surface area contributed by atoms with Crippen molar-refractivity contribution in [3.8, 4) is 11.5 Å². The number of carbonyl (C=O) groups is 1. The molecule has 0 aliphatic rings. The molecule has 2 rings (SSSR count). The van der Waals surface area contributed by atoms with Crippen molar-refractivity contribution in [3.63, 3.8) is 0 Å². The third kappa shape index (κ3) is 3.33. The van der Waals surface area contributed by atoms with Gasteiger partial charge in [-0.3, -0.25) is 9.36 Å². The van der Waals surface area contributed by atoms with E-state index in [4.69, 9.17) is 9.47 Å². The quantitative estimate of drug-likeness (QED) is 0.770. The van der Waals surface area contributed by atoms with Crippen LogP contribution < -0.4 is 15.0 Å². The van der Waals surface area contributed by atoms with Gasteiger partial charge in [0.2, 0.25) is 5.75 Å². The van der Waals surface area contributed by atoms with Crippen LogP contribution in [0.2, 0.25) is 0 Å². The molecule has 0 bridgehead atoms. The van der Waals surface area contributed by atoms with Crippen LogP contribution in [-0.4, -0.2) is 36.8 Å². The van der Waals surface area contributed by atoms with Gasteiger partial charge in [0.15, 0.2) is 5.69 Å². The largest absolute Gasteiger partial charge is 0.497 e. The molecule has 0 aliphatic carbocycles. The van der Waals surface area contributed by atoms with Gasteiger partial charge >= 0.3 is 5.97 Å². The molecule has 122 valence electrons. The van der Waals surface area contributed by atoms with Crippen LogP contribution in [0.5, 0.6) is 11.5 Å². The molecule has 1 aromatic heterocycles. The van der Waals surface area contributed by atoms with E-state index in [0.29, 0.717) is 12.2 Å². The monoisotopic (exact) mass is 318 g/mol. The van der Waals surface area contributed by atoms with Crippen molar-refractivity contribution < 1.29 is 19.0 Å². The van der Waals surface area contributed by atoms with E-state index in [0.717, 1.165) is 11.3 Å². The minimum atomic E-state index is -0.712. The molecule has 0 fully saturated rings. The van der Waals surface area contributed by atoms with Crippen LogP contribution in [0.25, 0.3) is 0 Å². The number of ether oxygens (including phenoxy) is 3. The summed E-state index contributed by atoms with van der Waals surface area (Å²) < 4.78 is 16.1. The van der Waals surface area contributed by atoms with E-state index in [9.17, 15) is 9.59 Å². The molecule has 0 saturated heterocycles. The van der Waals surface area contributed by atoms with E-state index in [2.05, 4.69) is 9.72 Å². The second-order valence-electron chi connectivity index (χ2n) is 4.79. The average molecular weight is 318 g/mol. The second kappa shape index (κ2) is 6.95.